The van der Waals surface area contributed by atoms with Gasteiger partial charge >= 0.3 is 0 Å². The zero-order valence-corrected chi connectivity index (χ0v) is 15.5. The number of rotatable bonds is 4. The number of carbonyl (C=O) groups is 1. The van der Waals surface area contributed by atoms with Crippen LogP contribution in [0.25, 0.3) is 0 Å². The third-order valence-corrected chi connectivity index (χ3v) is 4.67. The summed E-state index contributed by atoms with van der Waals surface area (Å²) in [5, 5.41) is 6.86. The van der Waals surface area contributed by atoms with E-state index in [0.29, 0.717) is 5.56 Å². The summed E-state index contributed by atoms with van der Waals surface area (Å²) in [6.45, 7) is 9.53. The molecule has 3 rings (SSSR count). The summed E-state index contributed by atoms with van der Waals surface area (Å²) in [6, 6.07) is 8.00. The van der Waals surface area contributed by atoms with Crippen molar-refractivity contribution in [2.24, 2.45) is 0 Å². The minimum Gasteiger partial charge on any atom is -0.349 e. The molecule has 134 valence electrons. The number of nitrogens with one attached hydrogen (secondary N) is 2. The average molecular weight is 340 g/mol. The van der Waals surface area contributed by atoms with Crippen LogP contribution < -0.4 is 10.6 Å². The molecule has 2 N–H and O–H groups in total. The zero-order valence-electron chi connectivity index (χ0n) is 15.5. The Morgan fingerprint density at radius 3 is 2.40 bits per heavy atom. The van der Waals surface area contributed by atoms with E-state index in [1.54, 1.807) is 12.5 Å². The summed E-state index contributed by atoms with van der Waals surface area (Å²) >= 11 is 0. The molecule has 2 aromatic rings. The second-order valence-electron chi connectivity index (χ2n) is 8.40. The van der Waals surface area contributed by atoms with Crippen LogP contribution in [0.15, 0.2) is 43.0 Å². The molecule has 25 heavy (non-hydrogen) atoms. The van der Waals surface area contributed by atoms with Crippen LogP contribution in [0.2, 0.25) is 0 Å². The first-order valence-corrected chi connectivity index (χ1v) is 8.87. The maximum atomic E-state index is 12.6. The molecule has 0 saturated carbocycles. The molecule has 5 heteroatoms. The van der Waals surface area contributed by atoms with Gasteiger partial charge in [-0.1, -0.05) is 12.1 Å². The number of imidazole rings is 1. The van der Waals surface area contributed by atoms with E-state index >= 15 is 0 Å². The number of hydrogen-bond donors (Lipinski definition) is 2. The Labute approximate surface area is 149 Å². The van der Waals surface area contributed by atoms with E-state index in [1.165, 1.54) is 0 Å². The molecule has 0 aliphatic carbocycles. The summed E-state index contributed by atoms with van der Waals surface area (Å²) in [5.41, 5.74) is 1.91. The van der Waals surface area contributed by atoms with Gasteiger partial charge in [0.05, 0.1) is 6.33 Å². The molecule has 0 unspecified atom stereocenters. The van der Waals surface area contributed by atoms with Crippen molar-refractivity contribution in [3.05, 3.63) is 54.1 Å². The van der Waals surface area contributed by atoms with E-state index in [4.69, 9.17) is 0 Å². The molecule has 0 atom stereocenters. The summed E-state index contributed by atoms with van der Waals surface area (Å²) in [4.78, 5) is 16.7. The van der Waals surface area contributed by atoms with E-state index in [0.717, 1.165) is 24.9 Å². The van der Waals surface area contributed by atoms with Crippen LogP contribution in [-0.4, -0.2) is 32.6 Å². The van der Waals surface area contributed by atoms with Crippen molar-refractivity contribution in [2.45, 2.75) is 64.2 Å². The minimum atomic E-state index is 0.00711. The monoisotopic (exact) mass is 340 g/mol. The van der Waals surface area contributed by atoms with Gasteiger partial charge in [0.25, 0.3) is 5.91 Å². The first-order valence-electron chi connectivity index (χ1n) is 8.87. The van der Waals surface area contributed by atoms with Crippen LogP contribution in [-0.2, 0) is 6.54 Å². The number of nitrogens with zero attached hydrogens (tertiary/aromatic N) is 2. The van der Waals surface area contributed by atoms with Crippen LogP contribution in [0.3, 0.4) is 0 Å². The maximum absolute atomic E-state index is 12.6. The van der Waals surface area contributed by atoms with Crippen molar-refractivity contribution in [3.8, 4) is 0 Å². The van der Waals surface area contributed by atoms with Gasteiger partial charge < -0.3 is 15.2 Å². The van der Waals surface area contributed by atoms with Crippen molar-refractivity contribution in [3.63, 3.8) is 0 Å². The Kier molecular flexibility index (Phi) is 4.69. The van der Waals surface area contributed by atoms with Crippen LogP contribution in [0, 0.1) is 0 Å². The highest BCUT2D eigenvalue weighted by atomic mass is 16.1. The van der Waals surface area contributed by atoms with Crippen molar-refractivity contribution in [2.75, 3.05) is 0 Å². The number of carbonyl (C=O) groups excluding carboxylic acids is 1. The van der Waals surface area contributed by atoms with Gasteiger partial charge in [0.2, 0.25) is 0 Å². The molecule has 5 nitrogen and oxygen atoms in total. The van der Waals surface area contributed by atoms with Crippen LogP contribution in [0.4, 0.5) is 0 Å². The highest BCUT2D eigenvalue weighted by Crippen LogP contribution is 2.28. The lowest BCUT2D eigenvalue weighted by Crippen LogP contribution is -2.62. The van der Waals surface area contributed by atoms with Gasteiger partial charge in [-0.15, -0.1) is 0 Å². The second kappa shape index (κ2) is 6.64. The SMILES string of the molecule is CC1(C)CC(NC(=O)c2ccc(Cn3ccnc3)cc2)CC(C)(C)N1. The molecule has 1 amide bonds. The number of benzene rings is 1. The van der Waals surface area contributed by atoms with E-state index in [1.807, 2.05) is 35.0 Å². The van der Waals surface area contributed by atoms with Gasteiger partial charge in [0, 0.05) is 41.6 Å². The Balaban J connectivity index is 1.63. The molecular formula is C20H28N4O. The molecule has 2 heterocycles. The Bertz CT molecular complexity index is 701. The predicted molar refractivity (Wildman–Crippen MR) is 99.6 cm³/mol. The fourth-order valence-electron chi connectivity index (χ4n) is 4.05. The molecule has 0 radical (unpaired) electrons. The molecule has 0 bridgehead atoms. The van der Waals surface area contributed by atoms with Crippen molar-refractivity contribution in [1.82, 2.24) is 20.2 Å². The number of piperidine rings is 1. The van der Waals surface area contributed by atoms with Gasteiger partial charge in [-0.05, 0) is 58.2 Å². The summed E-state index contributed by atoms with van der Waals surface area (Å²) in [5.74, 6) is 0.00711. The lowest BCUT2D eigenvalue weighted by molar-refractivity contribution is 0.0873. The lowest BCUT2D eigenvalue weighted by Gasteiger charge is -2.46. The summed E-state index contributed by atoms with van der Waals surface area (Å²) < 4.78 is 2.01. The van der Waals surface area contributed by atoms with Crippen LogP contribution in [0.1, 0.15) is 56.5 Å². The first-order chi connectivity index (χ1) is 11.7. The fraction of sp³-hybridized carbons (Fsp3) is 0.500. The van der Waals surface area contributed by atoms with Gasteiger partial charge in [0.15, 0.2) is 0 Å². The van der Waals surface area contributed by atoms with Crippen molar-refractivity contribution >= 4 is 5.91 Å². The highest BCUT2D eigenvalue weighted by molar-refractivity contribution is 5.94. The first kappa shape index (κ1) is 17.7. The summed E-state index contributed by atoms with van der Waals surface area (Å²) in [7, 11) is 0. The number of amides is 1. The van der Waals surface area contributed by atoms with Crippen molar-refractivity contribution < 1.29 is 4.79 Å². The van der Waals surface area contributed by atoms with Crippen LogP contribution >= 0.6 is 0 Å². The molecule has 1 aromatic heterocycles. The van der Waals surface area contributed by atoms with Gasteiger partial charge in [-0.3, -0.25) is 4.79 Å². The third kappa shape index (κ3) is 4.69. The van der Waals surface area contributed by atoms with E-state index in [-0.39, 0.29) is 23.0 Å². The molecule has 1 aliphatic heterocycles. The Morgan fingerprint density at radius 2 is 1.84 bits per heavy atom. The molecule has 0 spiro atoms. The van der Waals surface area contributed by atoms with Crippen LogP contribution in [0.5, 0.6) is 0 Å². The maximum Gasteiger partial charge on any atom is 0.251 e. The van der Waals surface area contributed by atoms with E-state index in [2.05, 4.69) is 43.3 Å². The van der Waals surface area contributed by atoms with Gasteiger partial charge in [0.1, 0.15) is 0 Å². The van der Waals surface area contributed by atoms with Gasteiger partial charge in [-0.2, -0.15) is 0 Å². The minimum absolute atomic E-state index is 0.00711. The van der Waals surface area contributed by atoms with E-state index < -0.39 is 0 Å². The van der Waals surface area contributed by atoms with Crippen molar-refractivity contribution in [1.29, 1.82) is 0 Å². The smallest absolute Gasteiger partial charge is 0.251 e. The second-order valence-corrected chi connectivity index (χ2v) is 8.40. The Morgan fingerprint density at radius 1 is 1.20 bits per heavy atom. The van der Waals surface area contributed by atoms with E-state index in [9.17, 15) is 4.79 Å². The standard InChI is InChI=1S/C20H28N4O/c1-19(2)11-17(12-20(3,4)23-19)22-18(25)16-7-5-15(6-8-16)13-24-10-9-21-14-24/h5-10,14,17,23H,11-13H2,1-4H3,(H,22,25). The lowest BCUT2D eigenvalue weighted by atomic mass is 9.79. The highest BCUT2D eigenvalue weighted by Gasteiger charge is 2.38. The number of aromatic nitrogens is 2. The molecule has 1 saturated heterocycles. The fourth-order valence-corrected chi connectivity index (χ4v) is 4.05. The normalized spacial score (nSPS) is 19.5. The molecular weight excluding hydrogens is 312 g/mol. The summed E-state index contributed by atoms with van der Waals surface area (Å²) in [6.07, 6.45) is 7.36. The average Bonchev–Trinajstić information content (AvgIpc) is 2.97. The zero-order chi connectivity index (χ0) is 18.1. The third-order valence-electron chi connectivity index (χ3n) is 4.67. The van der Waals surface area contributed by atoms with Gasteiger partial charge in [-0.25, -0.2) is 4.98 Å². The predicted octanol–water partition coefficient (Wildman–Crippen LogP) is 2.97. The Hall–Kier alpha value is -2.14. The largest absolute Gasteiger partial charge is 0.349 e. The number of hydrogen-bond acceptors (Lipinski definition) is 3. The molecule has 1 aromatic carbocycles. The quantitative estimate of drug-likeness (QED) is 0.899. The molecule has 1 fully saturated rings. The topological polar surface area (TPSA) is 59.0 Å². The molecule has 1 aliphatic rings.